The summed E-state index contributed by atoms with van der Waals surface area (Å²) in [5, 5.41) is 3.28. The molecule has 0 aromatic carbocycles. The van der Waals surface area contributed by atoms with Crippen molar-refractivity contribution in [2.75, 3.05) is 20.1 Å². The standard InChI is InChI=1S/C13H21N3/c1-4-9-16(3)11-13-8-6-7-12(15-13)10-14-5-2/h4,6-8,14H,1,5,9-11H2,2-3H3. The molecule has 1 aromatic heterocycles. The topological polar surface area (TPSA) is 28.2 Å². The van der Waals surface area contributed by atoms with Crippen molar-refractivity contribution in [1.29, 1.82) is 0 Å². The molecule has 0 saturated heterocycles. The van der Waals surface area contributed by atoms with E-state index in [1.807, 2.05) is 6.08 Å². The Morgan fingerprint density at radius 2 is 2.19 bits per heavy atom. The molecule has 16 heavy (non-hydrogen) atoms. The third-order valence-electron chi connectivity index (χ3n) is 2.29. The predicted molar refractivity (Wildman–Crippen MR) is 68.1 cm³/mol. The van der Waals surface area contributed by atoms with Gasteiger partial charge in [-0.05, 0) is 25.7 Å². The molecule has 0 aliphatic heterocycles. The average molecular weight is 219 g/mol. The fraction of sp³-hybridized carbons (Fsp3) is 0.462. The predicted octanol–water partition coefficient (Wildman–Crippen LogP) is 1.81. The summed E-state index contributed by atoms with van der Waals surface area (Å²) in [7, 11) is 2.07. The van der Waals surface area contributed by atoms with E-state index in [1.54, 1.807) is 0 Å². The molecule has 1 aromatic rings. The molecule has 0 radical (unpaired) electrons. The van der Waals surface area contributed by atoms with Crippen LogP contribution in [0, 0.1) is 0 Å². The number of pyridine rings is 1. The zero-order valence-electron chi connectivity index (χ0n) is 10.2. The van der Waals surface area contributed by atoms with Crippen molar-refractivity contribution < 1.29 is 0 Å². The van der Waals surface area contributed by atoms with Gasteiger partial charge in [-0.15, -0.1) is 6.58 Å². The second-order valence-corrected chi connectivity index (χ2v) is 3.89. The van der Waals surface area contributed by atoms with Gasteiger partial charge in [0.2, 0.25) is 0 Å². The Balaban J connectivity index is 2.55. The van der Waals surface area contributed by atoms with Gasteiger partial charge in [-0.2, -0.15) is 0 Å². The highest BCUT2D eigenvalue weighted by Crippen LogP contribution is 2.02. The van der Waals surface area contributed by atoms with Crippen molar-refractivity contribution in [3.05, 3.63) is 42.2 Å². The molecule has 0 atom stereocenters. The molecule has 0 saturated carbocycles. The third kappa shape index (κ3) is 4.55. The number of hydrogen-bond acceptors (Lipinski definition) is 3. The SMILES string of the molecule is C=CCN(C)Cc1cccc(CNCC)n1. The first-order valence-electron chi connectivity index (χ1n) is 5.71. The lowest BCUT2D eigenvalue weighted by Gasteiger charge is -2.14. The Morgan fingerprint density at radius 3 is 2.88 bits per heavy atom. The first-order valence-corrected chi connectivity index (χ1v) is 5.71. The van der Waals surface area contributed by atoms with Crippen LogP contribution in [0.3, 0.4) is 0 Å². The van der Waals surface area contributed by atoms with E-state index in [1.165, 1.54) is 0 Å². The highest BCUT2D eigenvalue weighted by atomic mass is 15.1. The lowest BCUT2D eigenvalue weighted by molar-refractivity contribution is 0.358. The molecule has 0 fully saturated rings. The zero-order chi connectivity index (χ0) is 11.8. The first-order chi connectivity index (χ1) is 7.76. The normalized spacial score (nSPS) is 10.7. The monoisotopic (exact) mass is 219 g/mol. The molecular formula is C13H21N3. The molecule has 1 rings (SSSR count). The Morgan fingerprint density at radius 1 is 1.44 bits per heavy atom. The van der Waals surface area contributed by atoms with Crippen LogP contribution in [0.4, 0.5) is 0 Å². The van der Waals surface area contributed by atoms with Crippen LogP contribution in [0.25, 0.3) is 0 Å². The van der Waals surface area contributed by atoms with Gasteiger partial charge in [0.25, 0.3) is 0 Å². The Labute approximate surface area is 98.2 Å². The van der Waals surface area contributed by atoms with Crippen LogP contribution in [0.15, 0.2) is 30.9 Å². The van der Waals surface area contributed by atoms with Gasteiger partial charge < -0.3 is 5.32 Å². The van der Waals surface area contributed by atoms with Gasteiger partial charge in [0.05, 0.1) is 11.4 Å². The van der Waals surface area contributed by atoms with Gasteiger partial charge in [-0.1, -0.05) is 19.1 Å². The van der Waals surface area contributed by atoms with E-state index in [-0.39, 0.29) is 0 Å². The summed E-state index contributed by atoms with van der Waals surface area (Å²) in [6, 6.07) is 6.19. The lowest BCUT2D eigenvalue weighted by Crippen LogP contribution is -2.19. The summed E-state index contributed by atoms with van der Waals surface area (Å²) in [6.45, 7) is 9.40. The molecule has 1 heterocycles. The average Bonchev–Trinajstić information content (AvgIpc) is 2.27. The largest absolute Gasteiger partial charge is 0.311 e. The quantitative estimate of drug-likeness (QED) is 0.709. The van der Waals surface area contributed by atoms with Gasteiger partial charge in [0.15, 0.2) is 0 Å². The van der Waals surface area contributed by atoms with Gasteiger partial charge in [0, 0.05) is 19.6 Å². The van der Waals surface area contributed by atoms with Crippen LogP contribution in [-0.2, 0) is 13.1 Å². The fourth-order valence-corrected chi connectivity index (χ4v) is 1.53. The van der Waals surface area contributed by atoms with Crippen LogP contribution in [0.2, 0.25) is 0 Å². The second-order valence-electron chi connectivity index (χ2n) is 3.89. The summed E-state index contributed by atoms with van der Waals surface area (Å²) < 4.78 is 0. The van der Waals surface area contributed by atoms with Gasteiger partial charge >= 0.3 is 0 Å². The van der Waals surface area contributed by atoms with Crippen molar-refractivity contribution in [2.45, 2.75) is 20.0 Å². The van der Waals surface area contributed by atoms with Crippen LogP contribution in [0.1, 0.15) is 18.3 Å². The summed E-state index contributed by atoms with van der Waals surface area (Å²) in [6.07, 6.45) is 1.91. The Bertz CT molecular complexity index is 323. The van der Waals surface area contributed by atoms with Gasteiger partial charge in [0.1, 0.15) is 0 Å². The second kappa shape index (κ2) is 7.14. The van der Waals surface area contributed by atoms with E-state index in [2.05, 4.69) is 54.0 Å². The van der Waals surface area contributed by atoms with E-state index < -0.39 is 0 Å². The smallest absolute Gasteiger partial charge is 0.0547 e. The van der Waals surface area contributed by atoms with E-state index in [0.717, 1.165) is 37.6 Å². The number of hydrogen-bond donors (Lipinski definition) is 1. The maximum absolute atomic E-state index is 4.59. The molecular weight excluding hydrogens is 198 g/mol. The fourth-order valence-electron chi connectivity index (χ4n) is 1.53. The Kier molecular flexibility index (Phi) is 5.75. The zero-order valence-corrected chi connectivity index (χ0v) is 10.2. The number of nitrogens with zero attached hydrogens (tertiary/aromatic N) is 2. The molecule has 0 unspecified atom stereocenters. The van der Waals surface area contributed by atoms with Gasteiger partial charge in [-0.25, -0.2) is 0 Å². The minimum Gasteiger partial charge on any atom is -0.311 e. The molecule has 3 heteroatoms. The van der Waals surface area contributed by atoms with Crippen molar-refractivity contribution in [3.8, 4) is 0 Å². The molecule has 88 valence electrons. The third-order valence-corrected chi connectivity index (χ3v) is 2.29. The van der Waals surface area contributed by atoms with E-state index >= 15 is 0 Å². The minimum absolute atomic E-state index is 0.843. The van der Waals surface area contributed by atoms with Gasteiger partial charge in [-0.3, -0.25) is 9.88 Å². The highest BCUT2D eigenvalue weighted by molar-refractivity contribution is 5.11. The number of rotatable bonds is 7. The maximum atomic E-state index is 4.59. The number of likely N-dealkylation sites (N-methyl/N-ethyl adjacent to an activating group) is 1. The molecule has 1 N–H and O–H groups in total. The maximum Gasteiger partial charge on any atom is 0.0547 e. The van der Waals surface area contributed by atoms with Crippen molar-refractivity contribution >= 4 is 0 Å². The van der Waals surface area contributed by atoms with Crippen molar-refractivity contribution in [3.63, 3.8) is 0 Å². The van der Waals surface area contributed by atoms with E-state index in [0.29, 0.717) is 0 Å². The molecule has 0 amide bonds. The van der Waals surface area contributed by atoms with Crippen LogP contribution < -0.4 is 5.32 Å². The van der Waals surface area contributed by atoms with Crippen molar-refractivity contribution in [2.24, 2.45) is 0 Å². The molecule has 3 nitrogen and oxygen atoms in total. The lowest BCUT2D eigenvalue weighted by atomic mass is 10.3. The number of aromatic nitrogens is 1. The van der Waals surface area contributed by atoms with Crippen LogP contribution >= 0.6 is 0 Å². The molecule has 0 bridgehead atoms. The molecule has 0 aliphatic carbocycles. The van der Waals surface area contributed by atoms with Crippen LogP contribution in [-0.4, -0.2) is 30.0 Å². The van der Waals surface area contributed by atoms with E-state index in [4.69, 9.17) is 0 Å². The molecule has 0 aliphatic rings. The highest BCUT2D eigenvalue weighted by Gasteiger charge is 2.00. The Hall–Kier alpha value is -1.19. The first kappa shape index (κ1) is 12.9. The van der Waals surface area contributed by atoms with Crippen LogP contribution in [0.5, 0.6) is 0 Å². The number of nitrogens with one attached hydrogen (secondary N) is 1. The summed E-state index contributed by atoms with van der Waals surface area (Å²) in [5.74, 6) is 0. The molecule has 0 spiro atoms. The summed E-state index contributed by atoms with van der Waals surface area (Å²) >= 11 is 0. The van der Waals surface area contributed by atoms with Crippen molar-refractivity contribution in [1.82, 2.24) is 15.2 Å². The summed E-state index contributed by atoms with van der Waals surface area (Å²) in [5.41, 5.74) is 2.21. The van der Waals surface area contributed by atoms with E-state index in [9.17, 15) is 0 Å². The summed E-state index contributed by atoms with van der Waals surface area (Å²) in [4.78, 5) is 6.78. The minimum atomic E-state index is 0.843.